The minimum absolute atomic E-state index is 0.0406. The molecule has 0 aliphatic heterocycles. The van der Waals surface area contributed by atoms with Gasteiger partial charge in [0.15, 0.2) is 0 Å². The molecule has 24 heavy (non-hydrogen) atoms. The number of rotatable bonds is 6. The molecule has 1 aliphatic carbocycles. The van der Waals surface area contributed by atoms with Gasteiger partial charge in [-0.3, -0.25) is 9.59 Å². The molecule has 0 saturated carbocycles. The molecule has 1 amide bonds. The highest BCUT2D eigenvalue weighted by Gasteiger charge is 2.20. The molecule has 2 aromatic rings. The van der Waals surface area contributed by atoms with Gasteiger partial charge in [-0.1, -0.05) is 13.3 Å². The summed E-state index contributed by atoms with van der Waals surface area (Å²) in [5.41, 5.74) is 1.16. The maximum Gasteiger partial charge on any atom is 0.259 e. The van der Waals surface area contributed by atoms with Crippen molar-refractivity contribution in [3.63, 3.8) is 0 Å². The quantitative estimate of drug-likeness (QED) is 0.873. The van der Waals surface area contributed by atoms with Crippen molar-refractivity contribution in [2.75, 3.05) is 13.6 Å². The van der Waals surface area contributed by atoms with E-state index in [1.54, 1.807) is 16.2 Å². The molecule has 0 saturated heterocycles. The van der Waals surface area contributed by atoms with Crippen molar-refractivity contribution in [2.45, 2.75) is 58.3 Å². The van der Waals surface area contributed by atoms with Gasteiger partial charge in [-0.05, 0) is 37.7 Å². The van der Waals surface area contributed by atoms with Gasteiger partial charge in [0.05, 0.1) is 5.39 Å². The Kier molecular flexibility index (Phi) is 5.33. The van der Waals surface area contributed by atoms with Crippen LogP contribution in [-0.2, 0) is 24.1 Å². The highest BCUT2D eigenvalue weighted by molar-refractivity contribution is 7.18. The van der Waals surface area contributed by atoms with Gasteiger partial charge >= 0.3 is 0 Å². The van der Waals surface area contributed by atoms with E-state index in [0.29, 0.717) is 18.7 Å². The van der Waals surface area contributed by atoms with E-state index in [2.05, 4.69) is 16.9 Å². The molecule has 0 radical (unpaired) electrons. The number of aryl methyl sites for hydroxylation is 3. The van der Waals surface area contributed by atoms with E-state index in [1.807, 2.05) is 7.05 Å². The van der Waals surface area contributed by atoms with Crippen molar-refractivity contribution in [3.05, 3.63) is 26.6 Å². The van der Waals surface area contributed by atoms with Crippen LogP contribution in [0.1, 0.15) is 55.3 Å². The highest BCUT2D eigenvalue weighted by Crippen LogP contribution is 2.33. The van der Waals surface area contributed by atoms with Crippen molar-refractivity contribution < 1.29 is 4.79 Å². The van der Waals surface area contributed by atoms with Crippen LogP contribution in [0.15, 0.2) is 4.79 Å². The number of amides is 1. The first kappa shape index (κ1) is 17.1. The standard InChI is InChI=1S/C18H25N3O2S/c1-3-4-11-21(2)15(22)10-9-14-19-17(23)16-12-7-5-6-8-13(12)24-18(16)20-14/h3-11H2,1-2H3,(H,19,20,23). The molecule has 0 bridgehead atoms. The number of carbonyl (C=O) groups is 1. The van der Waals surface area contributed by atoms with E-state index in [9.17, 15) is 9.59 Å². The lowest BCUT2D eigenvalue weighted by Crippen LogP contribution is -2.28. The largest absolute Gasteiger partial charge is 0.346 e. The Bertz CT molecular complexity index is 793. The van der Waals surface area contributed by atoms with Crippen molar-refractivity contribution in [3.8, 4) is 0 Å². The first-order valence-electron chi connectivity index (χ1n) is 8.87. The summed E-state index contributed by atoms with van der Waals surface area (Å²) in [6, 6.07) is 0. The molecule has 130 valence electrons. The summed E-state index contributed by atoms with van der Waals surface area (Å²) in [5, 5.41) is 0.782. The molecule has 1 aliphatic rings. The smallest absolute Gasteiger partial charge is 0.259 e. The highest BCUT2D eigenvalue weighted by atomic mass is 32.1. The van der Waals surface area contributed by atoms with E-state index in [-0.39, 0.29) is 11.5 Å². The molecule has 3 rings (SSSR count). The third-order valence-corrected chi connectivity index (χ3v) is 5.91. The molecule has 2 aromatic heterocycles. The number of carbonyl (C=O) groups excluding carboxylic acids is 1. The van der Waals surface area contributed by atoms with Crippen LogP contribution >= 0.6 is 11.3 Å². The zero-order chi connectivity index (χ0) is 17.1. The van der Waals surface area contributed by atoms with Crippen LogP contribution in [0.2, 0.25) is 0 Å². The topological polar surface area (TPSA) is 66.1 Å². The summed E-state index contributed by atoms with van der Waals surface area (Å²) >= 11 is 1.65. The number of nitrogens with zero attached hydrogens (tertiary/aromatic N) is 2. The van der Waals surface area contributed by atoms with Crippen LogP contribution in [0.25, 0.3) is 10.2 Å². The fourth-order valence-electron chi connectivity index (χ4n) is 3.26. The molecule has 2 heterocycles. The van der Waals surface area contributed by atoms with E-state index in [4.69, 9.17) is 0 Å². The lowest BCUT2D eigenvalue weighted by Gasteiger charge is -2.16. The number of unbranched alkanes of at least 4 members (excludes halogenated alkanes) is 1. The summed E-state index contributed by atoms with van der Waals surface area (Å²) < 4.78 is 0. The minimum Gasteiger partial charge on any atom is -0.346 e. The Morgan fingerprint density at radius 1 is 1.33 bits per heavy atom. The summed E-state index contributed by atoms with van der Waals surface area (Å²) in [4.78, 5) is 36.1. The lowest BCUT2D eigenvalue weighted by atomic mass is 9.97. The molecule has 0 fully saturated rings. The van der Waals surface area contributed by atoms with E-state index in [1.165, 1.54) is 16.9 Å². The third kappa shape index (κ3) is 3.53. The predicted molar refractivity (Wildman–Crippen MR) is 97.7 cm³/mol. The fourth-order valence-corrected chi connectivity index (χ4v) is 4.54. The second-order valence-electron chi connectivity index (χ2n) is 6.57. The number of aromatic amines is 1. The van der Waals surface area contributed by atoms with Crippen LogP contribution in [0.3, 0.4) is 0 Å². The number of nitrogens with one attached hydrogen (secondary N) is 1. The zero-order valence-electron chi connectivity index (χ0n) is 14.5. The summed E-state index contributed by atoms with van der Waals surface area (Å²) in [6.45, 7) is 2.90. The number of hydrogen-bond donors (Lipinski definition) is 1. The van der Waals surface area contributed by atoms with Gasteiger partial charge < -0.3 is 9.88 Å². The van der Waals surface area contributed by atoms with Gasteiger partial charge in [0, 0.05) is 31.3 Å². The Labute approximate surface area is 146 Å². The van der Waals surface area contributed by atoms with E-state index < -0.39 is 0 Å². The fraction of sp³-hybridized carbons (Fsp3) is 0.611. The summed E-state index contributed by atoms with van der Waals surface area (Å²) in [5.74, 6) is 0.736. The molecule has 0 aromatic carbocycles. The van der Waals surface area contributed by atoms with Gasteiger partial charge in [-0.15, -0.1) is 11.3 Å². The van der Waals surface area contributed by atoms with Gasteiger partial charge in [-0.25, -0.2) is 4.98 Å². The van der Waals surface area contributed by atoms with Crippen LogP contribution in [0, 0.1) is 0 Å². The molecular formula is C18H25N3O2S. The maximum absolute atomic E-state index is 12.5. The van der Waals surface area contributed by atoms with Crippen LogP contribution in [0.5, 0.6) is 0 Å². The van der Waals surface area contributed by atoms with Crippen molar-refractivity contribution >= 4 is 27.5 Å². The van der Waals surface area contributed by atoms with Gasteiger partial charge in [0.25, 0.3) is 5.56 Å². The first-order valence-corrected chi connectivity index (χ1v) is 9.69. The van der Waals surface area contributed by atoms with Crippen LogP contribution in [0.4, 0.5) is 0 Å². The second kappa shape index (κ2) is 7.47. The molecule has 0 atom stereocenters. The number of fused-ring (bicyclic) bond motifs is 3. The number of H-pyrrole nitrogens is 1. The van der Waals surface area contributed by atoms with Crippen molar-refractivity contribution in [2.24, 2.45) is 0 Å². The zero-order valence-corrected chi connectivity index (χ0v) is 15.3. The molecule has 6 heteroatoms. The SMILES string of the molecule is CCCCN(C)C(=O)CCc1nc2sc3c(c2c(=O)[nH]1)CCCC3. The third-order valence-electron chi connectivity index (χ3n) is 4.72. The second-order valence-corrected chi connectivity index (χ2v) is 7.66. The van der Waals surface area contributed by atoms with Crippen molar-refractivity contribution in [1.82, 2.24) is 14.9 Å². The van der Waals surface area contributed by atoms with E-state index >= 15 is 0 Å². The molecule has 5 nitrogen and oxygen atoms in total. The van der Waals surface area contributed by atoms with Gasteiger partial charge in [0.2, 0.25) is 5.91 Å². The Balaban J connectivity index is 1.74. The van der Waals surface area contributed by atoms with Crippen LogP contribution < -0.4 is 5.56 Å². The molecular weight excluding hydrogens is 322 g/mol. The maximum atomic E-state index is 12.5. The monoisotopic (exact) mass is 347 g/mol. The molecule has 0 unspecified atom stereocenters. The molecule has 1 N–H and O–H groups in total. The number of aromatic nitrogens is 2. The van der Waals surface area contributed by atoms with Crippen LogP contribution in [-0.4, -0.2) is 34.4 Å². The number of hydrogen-bond acceptors (Lipinski definition) is 4. The number of thiophene rings is 1. The molecule has 0 spiro atoms. The average molecular weight is 347 g/mol. The first-order chi connectivity index (χ1) is 11.6. The van der Waals surface area contributed by atoms with Gasteiger partial charge in [-0.2, -0.15) is 0 Å². The lowest BCUT2D eigenvalue weighted by molar-refractivity contribution is -0.129. The Morgan fingerprint density at radius 2 is 2.12 bits per heavy atom. The summed E-state index contributed by atoms with van der Waals surface area (Å²) in [6.07, 6.45) is 7.37. The minimum atomic E-state index is -0.0406. The summed E-state index contributed by atoms with van der Waals surface area (Å²) in [7, 11) is 1.84. The predicted octanol–water partition coefficient (Wildman–Crippen LogP) is 3.05. The Hall–Kier alpha value is -1.69. The van der Waals surface area contributed by atoms with Crippen molar-refractivity contribution in [1.29, 1.82) is 0 Å². The average Bonchev–Trinajstić information content (AvgIpc) is 2.96. The van der Waals surface area contributed by atoms with Gasteiger partial charge in [0.1, 0.15) is 10.7 Å². The normalized spacial score (nSPS) is 13.9. The Morgan fingerprint density at radius 3 is 2.92 bits per heavy atom. The van der Waals surface area contributed by atoms with E-state index in [0.717, 1.165) is 48.9 Å².